The van der Waals surface area contributed by atoms with Gasteiger partial charge in [-0.15, -0.1) is 11.8 Å². The minimum Gasteiger partial charge on any atom is -0.343 e. The molecular formula is C9H10N2S. The van der Waals surface area contributed by atoms with E-state index in [-0.39, 0.29) is 0 Å². The Hall–Kier alpha value is -0.960. The van der Waals surface area contributed by atoms with E-state index in [1.807, 2.05) is 13.0 Å². The van der Waals surface area contributed by atoms with Crippen molar-refractivity contribution >= 4 is 17.6 Å². The Morgan fingerprint density at radius 2 is 2.42 bits per heavy atom. The molecule has 3 heteroatoms. The molecule has 0 aliphatic carbocycles. The Balaban J connectivity index is 2.44. The van der Waals surface area contributed by atoms with Crippen molar-refractivity contribution in [3.63, 3.8) is 0 Å². The van der Waals surface area contributed by atoms with Crippen molar-refractivity contribution in [2.45, 2.75) is 11.8 Å². The quantitative estimate of drug-likeness (QED) is 0.660. The second-order valence-electron chi connectivity index (χ2n) is 2.82. The first-order chi connectivity index (χ1) is 5.75. The number of pyridine rings is 1. The lowest BCUT2D eigenvalue weighted by molar-refractivity contribution is 1.12. The molecule has 1 aliphatic heterocycles. The summed E-state index contributed by atoms with van der Waals surface area (Å²) in [5, 5.41) is 3.17. The second-order valence-corrected chi connectivity index (χ2v) is 3.83. The first kappa shape index (κ1) is 7.68. The summed E-state index contributed by atoms with van der Waals surface area (Å²) in [4.78, 5) is 5.59. The van der Waals surface area contributed by atoms with Crippen molar-refractivity contribution in [3.8, 4) is 0 Å². The highest BCUT2D eigenvalue weighted by Gasteiger charge is 2.11. The van der Waals surface area contributed by atoms with Gasteiger partial charge in [-0.1, -0.05) is 6.58 Å². The molecule has 2 heterocycles. The predicted octanol–water partition coefficient (Wildman–Crippen LogP) is 2.42. The van der Waals surface area contributed by atoms with Crippen LogP contribution in [0.3, 0.4) is 0 Å². The molecule has 0 saturated heterocycles. The van der Waals surface area contributed by atoms with Crippen molar-refractivity contribution in [3.05, 3.63) is 30.1 Å². The molecule has 2 nitrogen and oxygen atoms in total. The van der Waals surface area contributed by atoms with Crippen molar-refractivity contribution in [1.82, 2.24) is 4.98 Å². The lowest BCUT2D eigenvalue weighted by Crippen LogP contribution is -2.09. The third-order valence-electron chi connectivity index (χ3n) is 1.69. The van der Waals surface area contributed by atoms with Gasteiger partial charge in [-0.25, -0.2) is 4.98 Å². The topological polar surface area (TPSA) is 24.9 Å². The van der Waals surface area contributed by atoms with E-state index >= 15 is 0 Å². The van der Waals surface area contributed by atoms with Gasteiger partial charge in [0.1, 0.15) is 5.82 Å². The maximum atomic E-state index is 4.37. The van der Waals surface area contributed by atoms with Crippen molar-refractivity contribution < 1.29 is 0 Å². The van der Waals surface area contributed by atoms with Gasteiger partial charge in [0, 0.05) is 17.1 Å². The maximum absolute atomic E-state index is 4.37. The van der Waals surface area contributed by atoms with Crippen LogP contribution in [0.4, 0.5) is 5.82 Å². The van der Waals surface area contributed by atoms with E-state index in [9.17, 15) is 0 Å². The summed E-state index contributed by atoms with van der Waals surface area (Å²) < 4.78 is 0. The van der Waals surface area contributed by atoms with Crippen LogP contribution in [0.15, 0.2) is 29.3 Å². The molecule has 0 saturated carbocycles. The Labute approximate surface area is 76.1 Å². The molecule has 2 rings (SSSR count). The molecule has 1 aromatic rings. The molecule has 0 fully saturated rings. The number of anilines is 1. The lowest BCUT2D eigenvalue weighted by atomic mass is 10.3. The molecule has 1 aliphatic rings. The Morgan fingerprint density at radius 3 is 3.25 bits per heavy atom. The molecule has 0 unspecified atom stereocenters. The van der Waals surface area contributed by atoms with Gasteiger partial charge in [-0.3, -0.25) is 0 Å². The summed E-state index contributed by atoms with van der Waals surface area (Å²) in [5.41, 5.74) is 2.07. The zero-order valence-electron chi connectivity index (χ0n) is 6.92. The van der Waals surface area contributed by atoms with Crippen LogP contribution in [0.5, 0.6) is 0 Å². The van der Waals surface area contributed by atoms with Gasteiger partial charge in [-0.05, 0) is 19.1 Å². The van der Waals surface area contributed by atoms with Crippen LogP contribution in [0.2, 0.25) is 0 Å². The zero-order chi connectivity index (χ0) is 8.55. The summed E-state index contributed by atoms with van der Waals surface area (Å²) in [5.74, 6) is 1.90. The van der Waals surface area contributed by atoms with E-state index in [1.165, 1.54) is 4.90 Å². The Bertz CT molecular complexity index is 333. The summed E-state index contributed by atoms with van der Waals surface area (Å²) >= 11 is 1.78. The number of thioether (sulfide) groups is 1. The molecular weight excluding hydrogens is 168 g/mol. The van der Waals surface area contributed by atoms with E-state index in [1.54, 1.807) is 11.8 Å². The SMILES string of the molecule is C=C1CSc2ccc(C)nc2N1. The normalized spacial score (nSPS) is 15.2. The fraction of sp³-hybridized carbons (Fsp3) is 0.222. The van der Waals surface area contributed by atoms with Gasteiger partial charge >= 0.3 is 0 Å². The van der Waals surface area contributed by atoms with Crippen LogP contribution in [-0.4, -0.2) is 10.7 Å². The number of rotatable bonds is 0. The molecule has 1 N–H and O–H groups in total. The number of hydrogen-bond donors (Lipinski definition) is 1. The van der Waals surface area contributed by atoms with Gasteiger partial charge in [0.25, 0.3) is 0 Å². The number of nitrogens with zero attached hydrogens (tertiary/aromatic N) is 1. The number of hydrogen-bond acceptors (Lipinski definition) is 3. The largest absolute Gasteiger partial charge is 0.343 e. The van der Waals surface area contributed by atoms with Crippen LogP contribution in [-0.2, 0) is 0 Å². The van der Waals surface area contributed by atoms with Crippen LogP contribution >= 0.6 is 11.8 Å². The molecule has 0 aromatic carbocycles. The van der Waals surface area contributed by atoms with Gasteiger partial charge < -0.3 is 5.32 Å². The van der Waals surface area contributed by atoms with Crippen LogP contribution in [0, 0.1) is 6.92 Å². The third-order valence-corrected chi connectivity index (χ3v) is 2.83. The predicted molar refractivity (Wildman–Crippen MR) is 52.5 cm³/mol. The van der Waals surface area contributed by atoms with E-state index in [0.29, 0.717) is 0 Å². The summed E-state index contributed by atoms with van der Waals surface area (Å²) in [6.45, 7) is 5.86. The van der Waals surface area contributed by atoms with Gasteiger partial charge in [0.05, 0.1) is 4.90 Å². The van der Waals surface area contributed by atoms with Gasteiger partial charge in [0.2, 0.25) is 0 Å². The summed E-state index contributed by atoms with van der Waals surface area (Å²) in [6.07, 6.45) is 0. The Morgan fingerprint density at radius 1 is 1.58 bits per heavy atom. The molecule has 62 valence electrons. The Kier molecular flexibility index (Phi) is 1.81. The second kappa shape index (κ2) is 2.83. The number of aromatic nitrogens is 1. The molecule has 0 bridgehead atoms. The van der Waals surface area contributed by atoms with E-state index < -0.39 is 0 Å². The smallest absolute Gasteiger partial charge is 0.144 e. The molecule has 0 radical (unpaired) electrons. The maximum Gasteiger partial charge on any atom is 0.144 e. The van der Waals surface area contributed by atoms with Crippen molar-refractivity contribution in [2.75, 3.05) is 11.1 Å². The average Bonchev–Trinajstić information content (AvgIpc) is 2.03. The van der Waals surface area contributed by atoms with Crippen LogP contribution in [0.1, 0.15) is 5.69 Å². The van der Waals surface area contributed by atoms with E-state index in [2.05, 4.69) is 22.9 Å². The molecule has 1 aromatic heterocycles. The molecule has 0 amide bonds. The highest BCUT2D eigenvalue weighted by atomic mass is 32.2. The van der Waals surface area contributed by atoms with Crippen LogP contribution in [0.25, 0.3) is 0 Å². The molecule has 12 heavy (non-hydrogen) atoms. The molecule has 0 spiro atoms. The fourth-order valence-corrected chi connectivity index (χ4v) is 1.92. The summed E-state index contributed by atoms with van der Waals surface area (Å²) in [6, 6.07) is 4.13. The van der Waals surface area contributed by atoms with Gasteiger partial charge in [0.15, 0.2) is 0 Å². The standard InChI is InChI=1S/C9H10N2S/c1-6-3-4-8-9(10-6)11-7(2)5-12-8/h3-4H,2,5H2,1H3,(H,10,11). The molecule has 0 atom stereocenters. The van der Waals surface area contributed by atoms with Crippen molar-refractivity contribution in [1.29, 1.82) is 0 Å². The average molecular weight is 178 g/mol. The first-order valence-electron chi connectivity index (χ1n) is 3.81. The monoisotopic (exact) mass is 178 g/mol. The number of aryl methyl sites for hydroxylation is 1. The fourth-order valence-electron chi connectivity index (χ4n) is 1.12. The van der Waals surface area contributed by atoms with Crippen LogP contribution < -0.4 is 5.32 Å². The highest BCUT2D eigenvalue weighted by Crippen LogP contribution is 2.32. The van der Waals surface area contributed by atoms with E-state index in [4.69, 9.17) is 0 Å². The lowest BCUT2D eigenvalue weighted by Gasteiger charge is -2.18. The number of nitrogens with one attached hydrogen (secondary N) is 1. The minimum atomic E-state index is 0.942. The van der Waals surface area contributed by atoms with Gasteiger partial charge in [-0.2, -0.15) is 0 Å². The highest BCUT2D eigenvalue weighted by molar-refractivity contribution is 7.99. The first-order valence-corrected chi connectivity index (χ1v) is 4.79. The minimum absolute atomic E-state index is 0.942. The zero-order valence-corrected chi connectivity index (χ0v) is 7.74. The van der Waals surface area contributed by atoms with E-state index in [0.717, 1.165) is 23.0 Å². The number of fused-ring (bicyclic) bond motifs is 1. The summed E-state index contributed by atoms with van der Waals surface area (Å²) in [7, 11) is 0. The van der Waals surface area contributed by atoms with Crippen molar-refractivity contribution in [2.24, 2.45) is 0 Å². The third kappa shape index (κ3) is 1.32.